The van der Waals surface area contributed by atoms with Crippen LogP contribution >= 0.6 is 0 Å². The van der Waals surface area contributed by atoms with Crippen molar-refractivity contribution in [3.05, 3.63) is 29.8 Å². The Kier molecular flexibility index (Phi) is 9.36. The predicted octanol–water partition coefficient (Wildman–Crippen LogP) is 5.51. The lowest BCUT2D eigenvalue weighted by Crippen LogP contribution is -2.37. The van der Waals surface area contributed by atoms with E-state index in [1.165, 1.54) is 37.7 Å². The van der Waals surface area contributed by atoms with Crippen molar-refractivity contribution in [3.63, 3.8) is 0 Å². The minimum absolute atomic E-state index is 0.110. The predicted molar refractivity (Wildman–Crippen MR) is 95.4 cm³/mol. The van der Waals surface area contributed by atoms with Gasteiger partial charge in [0, 0.05) is 11.7 Å². The zero-order chi connectivity index (χ0) is 16.2. The molecule has 0 aliphatic rings. The molecule has 0 heterocycles. The summed E-state index contributed by atoms with van der Waals surface area (Å²) in [7, 11) is 0. The molecule has 0 aliphatic heterocycles. The number of carbonyl (C=O) groups excluding carboxylic acids is 1. The Morgan fingerprint density at radius 1 is 0.955 bits per heavy atom. The van der Waals surface area contributed by atoms with Crippen LogP contribution in [0.4, 0.5) is 10.5 Å². The van der Waals surface area contributed by atoms with Gasteiger partial charge in [0.15, 0.2) is 0 Å². The highest BCUT2D eigenvalue weighted by Crippen LogP contribution is 2.13. The molecule has 22 heavy (non-hydrogen) atoms. The fourth-order valence-corrected chi connectivity index (χ4v) is 2.53. The van der Waals surface area contributed by atoms with Gasteiger partial charge in [-0.1, -0.05) is 58.6 Å². The third kappa shape index (κ3) is 7.48. The van der Waals surface area contributed by atoms with Crippen LogP contribution in [0.25, 0.3) is 0 Å². The third-order valence-corrected chi connectivity index (χ3v) is 4.10. The van der Waals surface area contributed by atoms with Crippen LogP contribution in [0.5, 0.6) is 0 Å². The average Bonchev–Trinajstić information content (AvgIpc) is 2.54. The number of aryl methyl sites for hydroxylation is 1. The maximum Gasteiger partial charge on any atom is 0.319 e. The number of carbonyl (C=O) groups is 1. The summed E-state index contributed by atoms with van der Waals surface area (Å²) in [6, 6.07) is 8.37. The molecule has 2 amide bonds. The van der Waals surface area contributed by atoms with E-state index < -0.39 is 0 Å². The van der Waals surface area contributed by atoms with Gasteiger partial charge in [0.1, 0.15) is 0 Å². The number of unbranched alkanes of at least 4 members (excludes halogenated alkanes) is 4. The highest BCUT2D eigenvalue weighted by molar-refractivity contribution is 5.89. The average molecular weight is 304 g/mol. The van der Waals surface area contributed by atoms with Gasteiger partial charge < -0.3 is 10.6 Å². The lowest BCUT2D eigenvalue weighted by Gasteiger charge is -2.15. The molecule has 124 valence electrons. The van der Waals surface area contributed by atoms with Gasteiger partial charge in [0.05, 0.1) is 0 Å². The molecule has 0 spiro atoms. The van der Waals surface area contributed by atoms with Crippen molar-refractivity contribution in [1.82, 2.24) is 5.32 Å². The molecule has 0 aliphatic carbocycles. The van der Waals surface area contributed by atoms with Gasteiger partial charge in [-0.25, -0.2) is 4.79 Å². The van der Waals surface area contributed by atoms with Gasteiger partial charge >= 0.3 is 6.03 Å². The molecule has 0 unspecified atom stereocenters. The number of urea groups is 1. The van der Waals surface area contributed by atoms with Crippen molar-refractivity contribution >= 4 is 11.7 Å². The number of rotatable bonds is 10. The van der Waals surface area contributed by atoms with Gasteiger partial charge in [-0.3, -0.25) is 0 Å². The normalized spacial score (nSPS) is 10.7. The van der Waals surface area contributed by atoms with Crippen LogP contribution in [0.2, 0.25) is 0 Å². The summed E-state index contributed by atoms with van der Waals surface area (Å²) in [5.74, 6) is 0. The maximum absolute atomic E-state index is 11.9. The van der Waals surface area contributed by atoms with Crippen molar-refractivity contribution in [2.75, 3.05) is 5.32 Å². The highest BCUT2D eigenvalue weighted by atomic mass is 16.2. The Hall–Kier alpha value is -1.51. The first-order chi connectivity index (χ1) is 10.7. The van der Waals surface area contributed by atoms with E-state index in [2.05, 4.69) is 43.5 Å². The monoisotopic (exact) mass is 304 g/mol. The molecule has 0 bridgehead atoms. The van der Waals surface area contributed by atoms with Crippen LogP contribution in [-0.2, 0) is 6.42 Å². The van der Waals surface area contributed by atoms with Gasteiger partial charge in [0.25, 0.3) is 0 Å². The van der Waals surface area contributed by atoms with Crippen molar-refractivity contribution in [2.24, 2.45) is 0 Å². The molecule has 0 saturated heterocycles. The fraction of sp³-hybridized carbons (Fsp3) is 0.632. The quantitative estimate of drug-likeness (QED) is 0.550. The largest absolute Gasteiger partial charge is 0.335 e. The molecular formula is C19H32N2O. The zero-order valence-corrected chi connectivity index (χ0v) is 14.5. The summed E-state index contributed by atoms with van der Waals surface area (Å²) in [4.78, 5) is 11.9. The molecule has 1 aromatic carbocycles. The maximum atomic E-state index is 11.9. The van der Waals surface area contributed by atoms with Crippen LogP contribution in [0.1, 0.15) is 71.3 Å². The SMILES string of the molecule is CCCCCCCc1ccc(NC(=O)NC(CC)CC)cc1. The van der Waals surface area contributed by atoms with Gasteiger partial charge in [-0.15, -0.1) is 0 Å². The standard InChI is InChI=1S/C19H32N2O/c1-4-7-8-9-10-11-16-12-14-18(15-13-16)21-19(22)20-17(5-2)6-3/h12-15,17H,4-11H2,1-3H3,(H2,20,21,22). The smallest absolute Gasteiger partial charge is 0.319 e. The summed E-state index contributed by atoms with van der Waals surface area (Å²) < 4.78 is 0. The lowest BCUT2D eigenvalue weighted by molar-refractivity contribution is 0.247. The summed E-state index contributed by atoms with van der Waals surface area (Å²) in [5.41, 5.74) is 2.21. The molecule has 3 nitrogen and oxygen atoms in total. The Balaban J connectivity index is 2.33. The van der Waals surface area contributed by atoms with Gasteiger partial charge in [-0.2, -0.15) is 0 Å². The van der Waals surface area contributed by atoms with E-state index in [1.54, 1.807) is 0 Å². The number of anilines is 1. The van der Waals surface area contributed by atoms with Crippen LogP contribution in [-0.4, -0.2) is 12.1 Å². The number of benzene rings is 1. The Bertz CT molecular complexity index is 410. The van der Waals surface area contributed by atoms with E-state index in [0.717, 1.165) is 24.9 Å². The number of hydrogen-bond acceptors (Lipinski definition) is 1. The van der Waals surface area contributed by atoms with Gasteiger partial charge in [0.2, 0.25) is 0 Å². The summed E-state index contributed by atoms with van der Waals surface area (Å²) in [6.45, 7) is 6.42. The molecule has 0 saturated carbocycles. The minimum atomic E-state index is -0.110. The summed E-state index contributed by atoms with van der Waals surface area (Å²) in [6.07, 6.45) is 9.58. The minimum Gasteiger partial charge on any atom is -0.335 e. The molecule has 0 atom stereocenters. The van der Waals surface area contributed by atoms with Crippen LogP contribution in [0.15, 0.2) is 24.3 Å². The number of amides is 2. The van der Waals surface area contributed by atoms with E-state index in [0.29, 0.717) is 0 Å². The molecule has 1 aromatic rings. The van der Waals surface area contributed by atoms with Crippen molar-refractivity contribution < 1.29 is 4.79 Å². The second-order valence-corrected chi connectivity index (χ2v) is 5.97. The van der Waals surface area contributed by atoms with Gasteiger partial charge in [-0.05, 0) is 43.4 Å². The number of hydrogen-bond donors (Lipinski definition) is 2. The second kappa shape index (κ2) is 11.1. The first-order valence-corrected chi connectivity index (χ1v) is 8.86. The highest BCUT2D eigenvalue weighted by Gasteiger charge is 2.07. The Labute approximate surface area is 135 Å². The first kappa shape index (κ1) is 18.5. The van der Waals surface area contributed by atoms with Crippen LogP contribution in [0.3, 0.4) is 0 Å². The second-order valence-electron chi connectivity index (χ2n) is 5.97. The molecule has 1 rings (SSSR count). The Morgan fingerprint density at radius 3 is 2.18 bits per heavy atom. The lowest BCUT2D eigenvalue weighted by atomic mass is 10.1. The van der Waals surface area contributed by atoms with E-state index >= 15 is 0 Å². The Morgan fingerprint density at radius 2 is 1.59 bits per heavy atom. The first-order valence-electron chi connectivity index (χ1n) is 8.86. The molecule has 3 heteroatoms. The topological polar surface area (TPSA) is 41.1 Å². The number of nitrogens with one attached hydrogen (secondary N) is 2. The van der Waals surface area contributed by atoms with Crippen LogP contribution in [0, 0.1) is 0 Å². The van der Waals surface area contributed by atoms with Crippen molar-refractivity contribution in [1.29, 1.82) is 0 Å². The van der Waals surface area contributed by atoms with Crippen molar-refractivity contribution in [3.8, 4) is 0 Å². The van der Waals surface area contributed by atoms with Crippen molar-refractivity contribution in [2.45, 2.75) is 78.2 Å². The van der Waals surface area contributed by atoms with E-state index in [9.17, 15) is 4.79 Å². The van der Waals surface area contributed by atoms with E-state index in [1.807, 2.05) is 12.1 Å². The molecule has 2 N–H and O–H groups in total. The molecule has 0 aromatic heterocycles. The molecule has 0 fully saturated rings. The summed E-state index contributed by atoms with van der Waals surface area (Å²) in [5, 5.41) is 5.89. The van der Waals surface area contributed by atoms with E-state index in [-0.39, 0.29) is 12.1 Å². The summed E-state index contributed by atoms with van der Waals surface area (Å²) >= 11 is 0. The van der Waals surface area contributed by atoms with E-state index in [4.69, 9.17) is 0 Å². The zero-order valence-electron chi connectivity index (χ0n) is 14.5. The third-order valence-electron chi connectivity index (χ3n) is 4.10. The molecular weight excluding hydrogens is 272 g/mol. The van der Waals surface area contributed by atoms with Crippen LogP contribution < -0.4 is 10.6 Å². The fourth-order valence-electron chi connectivity index (χ4n) is 2.53. The molecule has 0 radical (unpaired) electrons.